The van der Waals surface area contributed by atoms with Crippen LogP contribution in [0.2, 0.25) is 0 Å². The van der Waals surface area contributed by atoms with Crippen molar-refractivity contribution in [3.05, 3.63) is 107 Å². The van der Waals surface area contributed by atoms with Gasteiger partial charge >= 0.3 is 0 Å². The molecule has 0 radical (unpaired) electrons. The maximum Gasteiger partial charge on any atom is 0.192 e. The van der Waals surface area contributed by atoms with Crippen molar-refractivity contribution in [3.63, 3.8) is 0 Å². The molecule has 1 unspecified atom stereocenters. The number of hydrogen-bond donors (Lipinski definition) is 0. The van der Waals surface area contributed by atoms with Crippen molar-refractivity contribution in [1.29, 1.82) is 0 Å². The first-order valence-corrected chi connectivity index (χ1v) is 11.3. The number of sulfone groups is 1. The van der Waals surface area contributed by atoms with Crippen molar-refractivity contribution in [2.24, 2.45) is 0 Å². The average molecular weight is 418 g/mol. The summed E-state index contributed by atoms with van der Waals surface area (Å²) in [5.74, 6) is 0.773. The summed E-state index contributed by atoms with van der Waals surface area (Å²) in [6, 6.07) is 24.0. The third kappa shape index (κ3) is 3.68. The Morgan fingerprint density at radius 1 is 0.800 bits per heavy atom. The molecule has 4 nitrogen and oxygen atoms in total. The van der Waals surface area contributed by atoms with Crippen LogP contribution in [0.1, 0.15) is 33.6 Å². The number of rotatable bonds is 5. The van der Waals surface area contributed by atoms with E-state index in [1.54, 1.807) is 19.1 Å². The topological polar surface area (TPSA) is 60.2 Å². The first kappa shape index (κ1) is 20.1. The number of nitrogens with zero attached hydrogens (tertiary/aromatic N) is 1. The zero-order valence-electron chi connectivity index (χ0n) is 17.2. The Labute approximate surface area is 177 Å². The van der Waals surface area contributed by atoms with Crippen LogP contribution >= 0.6 is 0 Å². The lowest BCUT2D eigenvalue weighted by Crippen LogP contribution is -2.17. The molecule has 0 amide bonds. The molecule has 0 aliphatic carbocycles. The van der Waals surface area contributed by atoms with Crippen LogP contribution in [0.5, 0.6) is 0 Å². The summed E-state index contributed by atoms with van der Waals surface area (Å²) in [5.41, 5.74) is 3.94. The number of aromatic nitrogens is 1. The van der Waals surface area contributed by atoms with Crippen LogP contribution < -0.4 is 0 Å². The van der Waals surface area contributed by atoms with Crippen LogP contribution in [0.3, 0.4) is 0 Å². The molecule has 0 aliphatic rings. The van der Waals surface area contributed by atoms with Crippen LogP contribution in [0.4, 0.5) is 0 Å². The molecule has 0 saturated carbocycles. The molecule has 0 aliphatic heterocycles. The summed E-state index contributed by atoms with van der Waals surface area (Å²) in [7, 11) is -3.80. The molecule has 3 aromatic carbocycles. The molecule has 4 aromatic rings. The molecule has 4 rings (SSSR count). The molecule has 1 heterocycles. The molecule has 5 heteroatoms. The first-order chi connectivity index (χ1) is 14.4. The highest BCUT2D eigenvalue weighted by atomic mass is 32.2. The van der Waals surface area contributed by atoms with Gasteiger partial charge in [-0.15, -0.1) is 0 Å². The van der Waals surface area contributed by atoms with Gasteiger partial charge in [0.2, 0.25) is 0 Å². The Kier molecular flexibility index (Phi) is 5.31. The third-order valence-corrected chi connectivity index (χ3v) is 7.19. The number of oxazole rings is 1. The van der Waals surface area contributed by atoms with E-state index in [1.807, 2.05) is 80.6 Å². The fourth-order valence-electron chi connectivity index (χ4n) is 3.62. The van der Waals surface area contributed by atoms with Gasteiger partial charge in [0.1, 0.15) is 5.69 Å². The Morgan fingerprint density at radius 2 is 1.43 bits per heavy atom. The summed E-state index contributed by atoms with van der Waals surface area (Å²) < 4.78 is 33.8. The molecular weight excluding hydrogens is 394 g/mol. The molecular formula is C25H23NO3S. The van der Waals surface area contributed by atoms with Crippen LogP contribution in [0.25, 0.3) is 11.3 Å². The summed E-state index contributed by atoms with van der Waals surface area (Å²) in [6.07, 6.45) is 0. The molecule has 0 spiro atoms. The molecule has 0 N–H and O–H groups in total. The first-order valence-electron chi connectivity index (χ1n) is 9.77. The van der Waals surface area contributed by atoms with E-state index in [4.69, 9.17) is 4.42 Å². The zero-order valence-corrected chi connectivity index (χ0v) is 18.0. The molecule has 152 valence electrons. The van der Waals surface area contributed by atoms with Gasteiger partial charge in [0.15, 0.2) is 26.7 Å². The van der Waals surface area contributed by atoms with Crippen LogP contribution in [0, 0.1) is 20.8 Å². The van der Waals surface area contributed by atoms with E-state index in [-0.39, 0.29) is 4.90 Å². The van der Waals surface area contributed by atoms with Crippen LogP contribution in [-0.2, 0) is 9.84 Å². The second-order valence-corrected chi connectivity index (χ2v) is 9.44. The summed E-state index contributed by atoms with van der Waals surface area (Å²) in [5, 5.41) is -1.00. The van der Waals surface area contributed by atoms with E-state index in [2.05, 4.69) is 4.98 Å². The van der Waals surface area contributed by atoms with Gasteiger partial charge in [-0.3, -0.25) is 0 Å². The van der Waals surface area contributed by atoms with E-state index < -0.39 is 15.1 Å². The Bertz CT molecular complexity index is 1270. The lowest BCUT2D eigenvalue weighted by Gasteiger charge is -2.19. The van der Waals surface area contributed by atoms with Crippen molar-refractivity contribution in [2.75, 3.05) is 0 Å². The number of hydrogen-bond acceptors (Lipinski definition) is 4. The molecule has 0 saturated heterocycles. The van der Waals surface area contributed by atoms with Crippen LogP contribution in [-0.4, -0.2) is 13.4 Å². The maximum atomic E-state index is 13.9. The van der Waals surface area contributed by atoms with Gasteiger partial charge in [0.25, 0.3) is 0 Å². The highest BCUT2D eigenvalue weighted by Crippen LogP contribution is 2.41. The molecule has 0 fully saturated rings. The lowest BCUT2D eigenvalue weighted by atomic mass is 10.0. The monoisotopic (exact) mass is 417 g/mol. The van der Waals surface area contributed by atoms with Crippen LogP contribution in [0.15, 0.2) is 88.2 Å². The van der Waals surface area contributed by atoms with E-state index in [0.717, 1.165) is 16.7 Å². The van der Waals surface area contributed by atoms with Gasteiger partial charge in [-0.25, -0.2) is 13.4 Å². The Hall–Kier alpha value is -3.18. The second-order valence-electron chi connectivity index (χ2n) is 7.41. The molecule has 0 bridgehead atoms. The van der Waals surface area contributed by atoms with Gasteiger partial charge in [0, 0.05) is 12.5 Å². The Morgan fingerprint density at radius 3 is 2.10 bits per heavy atom. The third-order valence-electron chi connectivity index (χ3n) is 5.18. The second kappa shape index (κ2) is 7.92. The van der Waals surface area contributed by atoms with Crippen molar-refractivity contribution in [2.45, 2.75) is 30.9 Å². The summed E-state index contributed by atoms with van der Waals surface area (Å²) >= 11 is 0. The largest absolute Gasteiger partial charge is 0.444 e. The molecule has 1 atom stereocenters. The van der Waals surface area contributed by atoms with Crippen molar-refractivity contribution >= 4 is 9.84 Å². The predicted molar refractivity (Wildman–Crippen MR) is 118 cm³/mol. The number of aryl methyl sites for hydroxylation is 3. The van der Waals surface area contributed by atoms with Gasteiger partial charge < -0.3 is 4.42 Å². The van der Waals surface area contributed by atoms with Gasteiger partial charge in [-0.1, -0.05) is 72.3 Å². The molecule has 30 heavy (non-hydrogen) atoms. The zero-order chi connectivity index (χ0) is 21.3. The highest BCUT2D eigenvalue weighted by Gasteiger charge is 2.37. The van der Waals surface area contributed by atoms with E-state index >= 15 is 0 Å². The maximum absolute atomic E-state index is 13.9. The van der Waals surface area contributed by atoms with Gasteiger partial charge in [-0.05, 0) is 37.1 Å². The molecule has 1 aromatic heterocycles. The summed E-state index contributed by atoms with van der Waals surface area (Å²) in [4.78, 5) is 4.81. The fraction of sp³-hybridized carbons (Fsp3) is 0.160. The number of benzene rings is 3. The van der Waals surface area contributed by atoms with Crippen molar-refractivity contribution in [1.82, 2.24) is 4.98 Å². The van der Waals surface area contributed by atoms with E-state index in [1.165, 1.54) is 0 Å². The quantitative estimate of drug-likeness (QED) is 0.410. The minimum Gasteiger partial charge on any atom is -0.444 e. The van der Waals surface area contributed by atoms with Gasteiger partial charge in [-0.2, -0.15) is 0 Å². The summed E-state index contributed by atoms with van der Waals surface area (Å²) in [6.45, 7) is 5.59. The lowest BCUT2D eigenvalue weighted by molar-refractivity contribution is 0.474. The fourth-order valence-corrected chi connectivity index (χ4v) is 5.45. The Balaban J connectivity index is 1.99. The minimum atomic E-state index is -3.80. The van der Waals surface area contributed by atoms with E-state index in [9.17, 15) is 8.42 Å². The minimum absolute atomic E-state index is 0.259. The van der Waals surface area contributed by atoms with Crippen molar-refractivity contribution < 1.29 is 12.8 Å². The predicted octanol–water partition coefficient (Wildman–Crippen LogP) is 5.83. The standard InChI is InChI=1S/C25H23NO3S/c1-17-13-15-21(16-14-17)30(27,28)25(22-12-8-7-9-18(22)2)24-23(26-19(3)29-24)20-10-5-4-6-11-20/h4-16,25H,1-3H3. The smallest absolute Gasteiger partial charge is 0.192 e. The van der Waals surface area contributed by atoms with Crippen molar-refractivity contribution in [3.8, 4) is 11.3 Å². The average Bonchev–Trinajstić information content (AvgIpc) is 3.11. The normalized spacial score (nSPS) is 12.6. The highest BCUT2D eigenvalue weighted by molar-refractivity contribution is 7.91. The van der Waals surface area contributed by atoms with Gasteiger partial charge in [0.05, 0.1) is 4.90 Å². The SMILES string of the molecule is Cc1ccc(S(=O)(=O)C(c2ccccc2C)c2oc(C)nc2-c2ccccc2)cc1. The van der Waals surface area contributed by atoms with E-state index in [0.29, 0.717) is 22.9 Å².